The van der Waals surface area contributed by atoms with Gasteiger partial charge < -0.3 is 21.1 Å². The minimum Gasteiger partial charge on any atom is -0.379 e. The maximum Gasteiger partial charge on any atom is 0.226 e. The fraction of sp³-hybridized carbons (Fsp3) is 0.250. The molecule has 2 aromatic heterocycles. The summed E-state index contributed by atoms with van der Waals surface area (Å²) in [7, 11) is 0. The lowest BCUT2D eigenvalue weighted by Crippen LogP contribution is -2.25. The van der Waals surface area contributed by atoms with Gasteiger partial charge in [-0.15, -0.1) is 5.10 Å². The van der Waals surface area contributed by atoms with Crippen LogP contribution in [0.2, 0.25) is 5.02 Å². The number of aliphatic hydroxyl groups excluding tert-OH is 1. The summed E-state index contributed by atoms with van der Waals surface area (Å²) < 4.78 is 1.71. The van der Waals surface area contributed by atoms with Gasteiger partial charge in [-0.2, -0.15) is 0 Å². The largest absolute Gasteiger partial charge is 0.379 e. The van der Waals surface area contributed by atoms with E-state index in [0.29, 0.717) is 33.8 Å². The molecule has 1 aromatic carbocycles. The highest BCUT2D eigenvalue weighted by molar-refractivity contribution is 6.30. The number of nitrogens with zero attached hydrogens (tertiary/aromatic N) is 3. The average molecular weight is 411 g/mol. The second kappa shape index (κ2) is 7.06. The molecule has 9 heteroatoms. The zero-order valence-corrected chi connectivity index (χ0v) is 16.1. The summed E-state index contributed by atoms with van der Waals surface area (Å²) in [6.45, 7) is 0. The van der Waals surface area contributed by atoms with Crippen molar-refractivity contribution in [1.82, 2.24) is 19.9 Å². The summed E-state index contributed by atoms with van der Waals surface area (Å²) in [6.07, 6.45) is 4.87. The van der Waals surface area contributed by atoms with Crippen LogP contribution in [0.15, 0.2) is 42.1 Å². The third kappa shape index (κ3) is 3.76. The Morgan fingerprint density at radius 2 is 2.17 bits per heavy atom. The summed E-state index contributed by atoms with van der Waals surface area (Å²) >= 11 is 6.09. The fourth-order valence-corrected chi connectivity index (χ4v) is 3.50. The first-order valence-corrected chi connectivity index (χ1v) is 9.79. The Bertz CT molecular complexity index is 1140. The van der Waals surface area contributed by atoms with E-state index < -0.39 is 6.23 Å². The predicted molar refractivity (Wildman–Crippen MR) is 111 cm³/mol. The van der Waals surface area contributed by atoms with Crippen molar-refractivity contribution in [3.63, 3.8) is 0 Å². The van der Waals surface area contributed by atoms with Gasteiger partial charge in [-0.3, -0.25) is 4.79 Å². The van der Waals surface area contributed by atoms with Crippen LogP contribution in [0.5, 0.6) is 0 Å². The van der Waals surface area contributed by atoms with Crippen molar-refractivity contribution in [2.45, 2.75) is 31.5 Å². The number of aromatic nitrogens is 3. The molecule has 1 atom stereocenters. The van der Waals surface area contributed by atoms with Crippen molar-refractivity contribution in [1.29, 1.82) is 0 Å². The number of anilines is 3. The first-order chi connectivity index (χ1) is 14.0. The number of fused-ring (bicyclic) bond motifs is 1. The van der Waals surface area contributed by atoms with E-state index in [0.717, 1.165) is 24.2 Å². The minimum atomic E-state index is -0.982. The van der Waals surface area contributed by atoms with Gasteiger partial charge in [0.15, 0.2) is 11.5 Å². The summed E-state index contributed by atoms with van der Waals surface area (Å²) in [5, 5.41) is 24.5. The number of carbonyl (C=O) groups is 1. The second-order valence-electron chi connectivity index (χ2n) is 7.28. The van der Waals surface area contributed by atoms with Gasteiger partial charge in [-0.25, -0.2) is 9.50 Å². The van der Waals surface area contributed by atoms with E-state index in [1.54, 1.807) is 16.8 Å². The number of imidazole rings is 1. The third-order valence-electron chi connectivity index (χ3n) is 4.87. The molecule has 148 valence electrons. The normalized spacial score (nSPS) is 20.3. The van der Waals surface area contributed by atoms with Gasteiger partial charge in [0.05, 0.1) is 24.0 Å². The molecule has 1 aliphatic heterocycles. The number of hydrogen-bond acceptors (Lipinski definition) is 6. The number of hydrogen-bond donors (Lipinski definition) is 4. The quantitative estimate of drug-likeness (QED) is 0.515. The molecule has 3 heterocycles. The molecule has 1 saturated carbocycles. The molecule has 1 saturated heterocycles. The predicted octanol–water partition coefficient (Wildman–Crippen LogP) is 2.92. The van der Waals surface area contributed by atoms with E-state index >= 15 is 0 Å². The number of rotatable bonds is 5. The maximum atomic E-state index is 11.5. The number of carbonyl (C=O) groups excluding carboxylic acids is 1. The molecule has 1 unspecified atom stereocenters. The minimum absolute atomic E-state index is 0.155. The lowest BCUT2D eigenvalue weighted by molar-refractivity contribution is -0.120. The highest BCUT2D eigenvalue weighted by atomic mass is 35.5. The molecule has 1 aliphatic carbocycles. The van der Waals surface area contributed by atoms with Crippen LogP contribution < -0.4 is 16.0 Å². The number of halogens is 1. The van der Waals surface area contributed by atoms with Crippen LogP contribution in [-0.4, -0.2) is 37.9 Å². The van der Waals surface area contributed by atoms with Gasteiger partial charge in [0, 0.05) is 22.8 Å². The molecular formula is C20H19ClN6O2. The van der Waals surface area contributed by atoms with Crippen LogP contribution in [0.1, 0.15) is 25.0 Å². The Balaban J connectivity index is 1.57. The van der Waals surface area contributed by atoms with Crippen LogP contribution in [-0.2, 0) is 4.79 Å². The molecule has 29 heavy (non-hydrogen) atoms. The van der Waals surface area contributed by atoms with E-state index in [1.807, 2.05) is 30.3 Å². The van der Waals surface area contributed by atoms with E-state index in [-0.39, 0.29) is 12.3 Å². The zero-order chi connectivity index (χ0) is 20.0. The van der Waals surface area contributed by atoms with Crippen molar-refractivity contribution >= 4 is 46.4 Å². The van der Waals surface area contributed by atoms with Gasteiger partial charge in [0.1, 0.15) is 6.23 Å². The summed E-state index contributed by atoms with van der Waals surface area (Å²) in [4.78, 5) is 16.0. The van der Waals surface area contributed by atoms with E-state index in [9.17, 15) is 9.90 Å². The topological polar surface area (TPSA) is 104 Å². The molecular weight excluding hydrogens is 392 g/mol. The Morgan fingerprint density at radius 1 is 1.31 bits per heavy atom. The fourth-order valence-electron chi connectivity index (χ4n) is 3.31. The van der Waals surface area contributed by atoms with Crippen molar-refractivity contribution < 1.29 is 9.90 Å². The first-order valence-electron chi connectivity index (χ1n) is 9.41. The number of benzene rings is 1. The lowest BCUT2D eigenvalue weighted by Gasteiger charge is -2.12. The Kier molecular flexibility index (Phi) is 4.37. The number of amides is 1. The first kappa shape index (κ1) is 18.0. The summed E-state index contributed by atoms with van der Waals surface area (Å²) in [5.74, 6) is 0.423. The van der Waals surface area contributed by atoms with Crippen LogP contribution in [0.3, 0.4) is 0 Å². The van der Waals surface area contributed by atoms with Gasteiger partial charge in [-0.1, -0.05) is 17.7 Å². The Morgan fingerprint density at radius 3 is 2.90 bits per heavy atom. The molecule has 2 aliphatic rings. The monoisotopic (exact) mass is 410 g/mol. The molecule has 0 bridgehead atoms. The second-order valence-corrected chi connectivity index (χ2v) is 7.72. The Hall–Kier alpha value is -3.10. The van der Waals surface area contributed by atoms with E-state index in [1.165, 1.54) is 0 Å². The van der Waals surface area contributed by atoms with Crippen molar-refractivity contribution in [2.24, 2.45) is 0 Å². The molecule has 0 spiro atoms. The van der Waals surface area contributed by atoms with Crippen molar-refractivity contribution in [3.05, 3.63) is 52.8 Å². The maximum absolute atomic E-state index is 11.5. The average Bonchev–Trinajstić information content (AvgIpc) is 3.31. The lowest BCUT2D eigenvalue weighted by atomic mass is 10.2. The van der Waals surface area contributed by atoms with Crippen molar-refractivity contribution in [2.75, 3.05) is 10.6 Å². The smallest absolute Gasteiger partial charge is 0.226 e. The Labute approximate surface area is 171 Å². The molecule has 3 aromatic rings. The zero-order valence-electron chi connectivity index (χ0n) is 15.4. The number of nitrogens with one attached hydrogen (secondary N) is 3. The van der Waals surface area contributed by atoms with Gasteiger partial charge in [0.2, 0.25) is 5.91 Å². The molecule has 1 amide bonds. The van der Waals surface area contributed by atoms with Crippen molar-refractivity contribution in [3.8, 4) is 0 Å². The highest BCUT2D eigenvalue weighted by Gasteiger charge is 2.26. The third-order valence-corrected chi connectivity index (χ3v) is 5.11. The van der Waals surface area contributed by atoms with Crippen LogP contribution in [0.25, 0.3) is 11.7 Å². The van der Waals surface area contributed by atoms with Gasteiger partial charge >= 0.3 is 0 Å². The molecule has 0 radical (unpaired) electrons. The van der Waals surface area contributed by atoms with Gasteiger partial charge in [-0.05, 0) is 42.7 Å². The summed E-state index contributed by atoms with van der Waals surface area (Å²) in [6, 6.07) is 9.78. The van der Waals surface area contributed by atoms with E-state index in [2.05, 4.69) is 26.0 Å². The molecule has 5 rings (SSSR count). The van der Waals surface area contributed by atoms with Crippen LogP contribution >= 0.6 is 11.6 Å². The SMILES string of the molecule is O=C1C/C(=C\c2cnc3c(NC4CC4)cc(Nc4cccc(Cl)c4)nn23)C(O)N1. The standard InChI is InChI=1S/C20H19ClN6O2/c21-12-2-1-3-14(8-12)24-17-9-16(23-13-4-5-13)19-22-10-15(27(19)26-17)6-11-7-18(28)25-20(11)29/h1-3,6,8-10,13,20,23,29H,4-5,7H2,(H,24,26)(H,25,28)/b11-6+. The molecule has 8 nitrogen and oxygen atoms in total. The van der Waals surface area contributed by atoms with Crippen LogP contribution in [0.4, 0.5) is 17.2 Å². The summed E-state index contributed by atoms with van der Waals surface area (Å²) in [5.41, 5.74) is 3.65. The highest BCUT2D eigenvalue weighted by Crippen LogP contribution is 2.30. The molecule has 4 N–H and O–H groups in total. The van der Waals surface area contributed by atoms with Gasteiger partial charge in [0.25, 0.3) is 0 Å². The number of aliphatic hydroxyl groups is 1. The van der Waals surface area contributed by atoms with Crippen LogP contribution in [0, 0.1) is 0 Å². The van der Waals surface area contributed by atoms with E-state index in [4.69, 9.17) is 11.6 Å². The molecule has 2 fully saturated rings.